The second-order valence-electron chi connectivity index (χ2n) is 5.13. The van der Waals surface area contributed by atoms with E-state index in [1.807, 2.05) is 32.8 Å². The predicted molar refractivity (Wildman–Crippen MR) is 69.9 cm³/mol. The molecule has 0 saturated heterocycles. The average Bonchev–Trinajstić information content (AvgIpc) is 2.24. The largest absolute Gasteiger partial charge is 0.508 e. The van der Waals surface area contributed by atoms with Crippen molar-refractivity contribution in [1.82, 2.24) is 10.2 Å². The maximum absolute atomic E-state index is 11.9. The Balaban J connectivity index is 2.72. The first kappa shape index (κ1) is 14.3. The lowest BCUT2D eigenvalue weighted by atomic mass is 10.0. The Morgan fingerprint density at radius 3 is 2.17 bits per heavy atom. The number of carbonyl (C=O) groups is 1. The highest BCUT2D eigenvalue weighted by Crippen LogP contribution is 2.20. The quantitative estimate of drug-likeness (QED) is 0.752. The van der Waals surface area contributed by atoms with Crippen LogP contribution >= 0.6 is 0 Å². The van der Waals surface area contributed by atoms with Gasteiger partial charge >= 0.3 is 0 Å². The van der Waals surface area contributed by atoms with E-state index >= 15 is 0 Å². The number of nitrogens with one attached hydrogen (secondary N) is 1. The maximum Gasteiger partial charge on any atom is 0.251 e. The highest BCUT2D eigenvalue weighted by atomic mass is 16.3. The Kier molecular flexibility index (Phi) is 4.19. The highest BCUT2D eigenvalue weighted by molar-refractivity contribution is 5.95. The minimum absolute atomic E-state index is 0.132. The van der Waals surface area contributed by atoms with Crippen LogP contribution < -0.4 is 5.32 Å². The van der Waals surface area contributed by atoms with Crippen molar-refractivity contribution in [3.05, 3.63) is 23.8 Å². The lowest BCUT2D eigenvalue weighted by Gasteiger charge is -2.32. The van der Waals surface area contributed by atoms with Gasteiger partial charge in [0.2, 0.25) is 0 Å². The molecule has 0 saturated carbocycles. The Hall–Kier alpha value is -1.75. The smallest absolute Gasteiger partial charge is 0.251 e. The summed E-state index contributed by atoms with van der Waals surface area (Å²) in [5.74, 6) is -0.588. The standard InChI is InChI=1S/C13H20N2O3/c1-13(2,15(3)4)8-14-12(18)9-5-10(16)7-11(17)6-9/h5-7,16-17H,8H2,1-4H3,(H,14,18). The molecule has 0 aliphatic carbocycles. The summed E-state index contributed by atoms with van der Waals surface area (Å²) in [6, 6.07) is 3.82. The van der Waals surface area contributed by atoms with Crippen LogP contribution in [0.4, 0.5) is 0 Å². The molecule has 5 heteroatoms. The maximum atomic E-state index is 11.9. The molecule has 18 heavy (non-hydrogen) atoms. The topological polar surface area (TPSA) is 72.8 Å². The molecule has 0 bridgehead atoms. The molecular formula is C13H20N2O3. The molecule has 1 aromatic rings. The molecule has 1 rings (SSSR count). The van der Waals surface area contributed by atoms with Gasteiger partial charge in [0.25, 0.3) is 5.91 Å². The third-order valence-corrected chi connectivity index (χ3v) is 3.06. The van der Waals surface area contributed by atoms with Gasteiger partial charge in [0, 0.05) is 23.7 Å². The lowest BCUT2D eigenvalue weighted by molar-refractivity contribution is 0.0919. The van der Waals surface area contributed by atoms with Crippen molar-refractivity contribution in [2.24, 2.45) is 0 Å². The van der Waals surface area contributed by atoms with Crippen LogP contribution in [-0.2, 0) is 0 Å². The third-order valence-electron chi connectivity index (χ3n) is 3.06. The molecule has 3 N–H and O–H groups in total. The van der Waals surface area contributed by atoms with Crippen LogP contribution in [0.2, 0.25) is 0 Å². The first-order valence-electron chi connectivity index (χ1n) is 5.71. The van der Waals surface area contributed by atoms with Gasteiger partial charge in [-0.3, -0.25) is 4.79 Å². The van der Waals surface area contributed by atoms with Gasteiger partial charge in [0.05, 0.1) is 0 Å². The summed E-state index contributed by atoms with van der Waals surface area (Å²) >= 11 is 0. The van der Waals surface area contributed by atoms with Crippen molar-refractivity contribution in [1.29, 1.82) is 0 Å². The van der Waals surface area contributed by atoms with Gasteiger partial charge in [-0.1, -0.05) is 0 Å². The van der Waals surface area contributed by atoms with Crippen molar-refractivity contribution in [2.75, 3.05) is 20.6 Å². The summed E-state index contributed by atoms with van der Waals surface area (Å²) in [6.45, 7) is 4.48. The minimum Gasteiger partial charge on any atom is -0.508 e. The number of aromatic hydroxyl groups is 2. The predicted octanol–water partition coefficient (Wildman–Crippen LogP) is 1.17. The lowest BCUT2D eigenvalue weighted by Crippen LogP contribution is -2.48. The number of benzene rings is 1. The van der Waals surface area contributed by atoms with E-state index in [9.17, 15) is 15.0 Å². The number of likely N-dealkylation sites (N-methyl/N-ethyl adjacent to an activating group) is 1. The number of amides is 1. The zero-order valence-corrected chi connectivity index (χ0v) is 11.2. The zero-order valence-electron chi connectivity index (χ0n) is 11.2. The molecule has 0 spiro atoms. The summed E-state index contributed by atoms with van der Waals surface area (Å²) in [6.07, 6.45) is 0. The fourth-order valence-electron chi connectivity index (χ4n) is 1.28. The van der Waals surface area contributed by atoms with Crippen LogP contribution in [0.5, 0.6) is 11.5 Å². The van der Waals surface area contributed by atoms with Crippen LogP contribution in [0.3, 0.4) is 0 Å². The normalized spacial score (nSPS) is 11.6. The Morgan fingerprint density at radius 2 is 1.72 bits per heavy atom. The van der Waals surface area contributed by atoms with Crippen molar-refractivity contribution < 1.29 is 15.0 Å². The zero-order chi connectivity index (χ0) is 13.9. The molecule has 0 radical (unpaired) electrons. The SMILES string of the molecule is CN(C)C(C)(C)CNC(=O)c1cc(O)cc(O)c1. The number of phenols is 2. The Morgan fingerprint density at radius 1 is 1.22 bits per heavy atom. The van der Waals surface area contributed by atoms with Crippen molar-refractivity contribution in [2.45, 2.75) is 19.4 Å². The number of phenolic OH excluding ortho intramolecular Hbond substituents is 2. The van der Waals surface area contributed by atoms with Gasteiger partial charge in [-0.2, -0.15) is 0 Å². The van der Waals surface area contributed by atoms with Gasteiger partial charge in [0.1, 0.15) is 11.5 Å². The van der Waals surface area contributed by atoms with Gasteiger partial charge in [-0.05, 0) is 40.1 Å². The van der Waals surface area contributed by atoms with Gasteiger partial charge in [-0.15, -0.1) is 0 Å². The van der Waals surface area contributed by atoms with E-state index in [2.05, 4.69) is 5.32 Å². The average molecular weight is 252 g/mol. The van der Waals surface area contributed by atoms with Gasteiger partial charge < -0.3 is 20.4 Å². The fraction of sp³-hybridized carbons (Fsp3) is 0.462. The monoisotopic (exact) mass is 252 g/mol. The van der Waals surface area contributed by atoms with E-state index < -0.39 is 0 Å². The van der Waals surface area contributed by atoms with Crippen LogP contribution in [0.15, 0.2) is 18.2 Å². The van der Waals surface area contributed by atoms with E-state index in [1.54, 1.807) is 0 Å². The first-order valence-corrected chi connectivity index (χ1v) is 5.71. The summed E-state index contributed by atoms with van der Waals surface area (Å²) in [5.41, 5.74) is 0.0659. The van der Waals surface area contributed by atoms with Crippen molar-refractivity contribution in [3.63, 3.8) is 0 Å². The molecule has 100 valence electrons. The first-order chi connectivity index (χ1) is 8.22. The number of hydrogen-bond acceptors (Lipinski definition) is 4. The van der Waals surface area contributed by atoms with E-state index in [4.69, 9.17) is 0 Å². The molecule has 0 unspecified atom stereocenters. The fourth-order valence-corrected chi connectivity index (χ4v) is 1.28. The Labute approximate surface area is 107 Å². The third kappa shape index (κ3) is 3.63. The molecule has 0 aliphatic rings. The molecule has 5 nitrogen and oxygen atoms in total. The van der Waals surface area contributed by atoms with E-state index in [1.165, 1.54) is 18.2 Å². The summed E-state index contributed by atoms with van der Waals surface area (Å²) in [7, 11) is 3.87. The van der Waals surface area contributed by atoms with E-state index in [0.29, 0.717) is 6.54 Å². The molecule has 1 amide bonds. The molecule has 0 aromatic heterocycles. The summed E-state index contributed by atoms with van der Waals surface area (Å²) < 4.78 is 0. The van der Waals surface area contributed by atoms with Crippen molar-refractivity contribution in [3.8, 4) is 11.5 Å². The van der Waals surface area contributed by atoms with Gasteiger partial charge in [0.15, 0.2) is 0 Å². The Bertz CT molecular complexity index is 422. The summed E-state index contributed by atoms with van der Waals surface area (Å²) in [5, 5.41) is 21.4. The number of hydrogen-bond donors (Lipinski definition) is 3. The molecule has 0 fully saturated rings. The second-order valence-corrected chi connectivity index (χ2v) is 5.13. The molecule has 1 aromatic carbocycles. The van der Waals surface area contributed by atoms with Crippen LogP contribution in [0.1, 0.15) is 24.2 Å². The molecular weight excluding hydrogens is 232 g/mol. The second kappa shape index (κ2) is 5.27. The van der Waals surface area contributed by atoms with Crippen LogP contribution in [0, 0.1) is 0 Å². The number of rotatable bonds is 4. The van der Waals surface area contributed by atoms with Gasteiger partial charge in [-0.25, -0.2) is 0 Å². The number of carbonyl (C=O) groups excluding carboxylic acids is 1. The minimum atomic E-state index is -0.323. The van der Waals surface area contributed by atoms with Crippen LogP contribution in [0.25, 0.3) is 0 Å². The molecule has 0 heterocycles. The van der Waals surface area contributed by atoms with E-state index in [0.717, 1.165) is 0 Å². The molecule has 0 atom stereocenters. The summed E-state index contributed by atoms with van der Waals surface area (Å²) in [4.78, 5) is 13.9. The highest BCUT2D eigenvalue weighted by Gasteiger charge is 2.21. The van der Waals surface area contributed by atoms with E-state index in [-0.39, 0.29) is 28.5 Å². The van der Waals surface area contributed by atoms with Crippen molar-refractivity contribution >= 4 is 5.91 Å². The van der Waals surface area contributed by atoms with Crippen LogP contribution in [-0.4, -0.2) is 47.2 Å². The number of nitrogens with zero attached hydrogens (tertiary/aromatic N) is 1. The molecule has 0 aliphatic heterocycles.